The summed E-state index contributed by atoms with van der Waals surface area (Å²) in [5, 5.41) is 0. The van der Waals surface area contributed by atoms with E-state index >= 15 is 0 Å². The summed E-state index contributed by atoms with van der Waals surface area (Å²) in [4.78, 5) is 13.1. The predicted molar refractivity (Wildman–Crippen MR) is 77.4 cm³/mol. The van der Waals surface area contributed by atoms with E-state index in [0.717, 1.165) is 0 Å². The molecule has 3 atom stereocenters. The molecule has 0 spiro atoms. The van der Waals surface area contributed by atoms with Crippen LogP contribution < -0.4 is 0 Å². The SMILES string of the molecule is CCS(=O)(=O)N1CCO[C@H]2[C@H](OCC(=O)N(C)C)CC[C@@H]21. The highest BCUT2D eigenvalue weighted by atomic mass is 32.2. The van der Waals surface area contributed by atoms with Crippen molar-refractivity contribution in [3.8, 4) is 0 Å². The molecule has 8 heteroatoms. The minimum atomic E-state index is -3.22. The van der Waals surface area contributed by atoms with Gasteiger partial charge < -0.3 is 14.4 Å². The first-order valence-corrected chi connectivity index (χ1v) is 8.90. The van der Waals surface area contributed by atoms with Crippen LogP contribution in [0.15, 0.2) is 0 Å². The molecule has 0 N–H and O–H groups in total. The van der Waals surface area contributed by atoms with Gasteiger partial charge in [-0.3, -0.25) is 4.79 Å². The minimum Gasteiger partial charge on any atom is -0.372 e. The number of morpholine rings is 1. The Kier molecular flexibility index (Phi) is 5.24. The monoisotopic (exact) mass is 320 g/mol. The summed E-state index contributed by atoms with van der Waals surface area (Å²) >= 11 is 0. The highest BCUT2D eigenvalue weighted by Crippen LogP contribution is 2.33. The number of ether oxygens (including phenoxy) is 2. The fourth-order valence-corrected chi connectivity index (χ4v) is 4.20. The van der Waals surface area contributed by atoms with Gasteiger partial charge in [-0.15, -0.1) is 0 Å². The quantitative estimate of drug-likeness (QED) is 0.693. The number of carbonyl (C=O) groups excluding carboxylic acids is 1. The predicted octanol–water partition coefficient (Wildman–Crippen LogP) is -0.327. The molecular formula is C13H24N2O5S. The maximum Gasteiger partial charge on any atom is 0.248 e. The molecule has 0 unspecified atom stereocenters. The van der Waals surface area contributed by atoms with E-state index in [0.29, 0.717) is 26.0 Å². The highest BCUT2D eigenvalue weighted by Gasteiger charge is 2.46. The molecule has 2 fully saturated rings. The maximum absolute atomic E-state index is 12.1. The van der Waals surface area contributed by atoms with Gasteiger partial charge in [0.15, 0.2) is 0 Å². The van der Waals surface area contributed by atoms with Crippen LogP contribution in [0.2, 0.25) is 0 Å². The topological polar surface area (TPSA) is 76.1 Å². The third-order valence-electron chi connectivity index (χ3n) is 4.13. The second-order valence-electron chi connectivity index (χ2n) is 5.63. The van der Waals surface area contributed by atoms with Crippen molar-refractivity contribution in [3.63, 3.8) is 0 Å². The number of carbonyl (C=O) groups is 1. The van der Waals surface area contributed by atoms with Gasteiger partial charge >= 0.3 is 0 Å². The molecule has 122 valence electrons. The van der Waals surface area contributed by atoms with Crippen molar-refractivity contribution in [2.75, 3.05) is 39.6 Å². The van der Waals surface area contributed by atoms with Gasteiger partial charge in [-0.25, -0.2) is 8.42 Å². The van der Waals surface area contributed by atoms with Gasteiger partial charge in [0.25, 0.3) is 0 Å². The lowest BCUT2D eigenvalue weighted by molar-refractivity contribution is -0.141. The average Bonchev–Trinajstić information content (AvgIpc) is 2.87. The number of sulfonamides is 1. The van der Waals surface area contributed by atoms with Crippen molar-refractivity contribution < 1.29 is 22.7 Å². The summed E-state index contributed by atoms with van der Waals surface area (Å²) in [6.07, 6.45) is 0.944. The molecule has 0 bridgehead atoms. The summed E-state index contributed by atoms with van der Waals surface area (Å²) in [5.74, 6) is -0.00628. The Hall–Kier alpha value is -0.700. The number of nitrogens with zero attached hydrogens (tertiary/aromatic N) is 2. The van der Waals surface area contributed by atoms with E-state index in [1.54, 1.807) is 25.3 Å². The lowest BCUT2D eigenvalue weighted by Gasteiger charge is -2.37. The van der Waals surface area contributed by atoms with Gasteiger partial charge in [-0.1, -0.05) is 0 Å². The number of likely N-dealkylation sites (N-methyl/N-ethyl adjacent to an activating group) is 1. The fraction of sp³-hybridized carbons (Fsp3) is 0.923. The lowest BCUT2D eigenvalue weighted by Crippen LogP contribution is -2.54. The van der Waals surface area contributed by atoms with Crippen molar-refractivity contribution in [3.05, 3.63) is 0 Å². The van der Waals surface area contributed by atoms with Crippen LogP contribution in [0.3, 0.4) is 0 Å². The van der Waals surface area contributed by atoms with Crippen molar-refractivity contribution >= 4 is 15.9 Å². The molecule has 7 nitrogen and oxygen atoms in total. The van der Waals surface area contributed by atoms with Gasteiger partial charge in [-0.2, -0.15) is 4.31 Å². The highest BCUT2D eigenvalue weighted by molar-refractivity contribution is 7.89. The van der Waals surface area contributed by atoms with E-state index < -0.39 is 10.0 Å². The second-order valence-corrected chi connectivity index (χ2v) is 7.84. The second kappa shape index (κ2) is 6.60. The summed E-state index contributed by atoms with van der Waals surface area (Å²) in [7, 11) is 0.132. The zero-order valence-corrected chi connectivity index (χ0v) is 13.6. The Morgan fingerprint density at radius 3 is 2.71 bits per heavy atom. The lowest BCUT2D eigenvalue weighted by atomic mass is 10.1. The zero-order valence-electron chi connectivity index (χ0n) is 12.8. The van der Waals surface area contributed by atoms with Crippen LogP contribution in [-0.4, -0.2) is 81.4 Å². The standard InChI is InChI=1S/C13H24N2O5S/c1-4-21(17,18)15-7-8-19-13-10(15)5-6-11(13)20-9-12(16)14(2)3/h10-11,13H,4-9H2,1-3H3/t10-,11+,13+/m0/s1. The molecule has 1 saturated carbocycles. The fourth-order valence-electron chi connectivity index (χ4n) is 2.88. The smallest absolute Gasteiger partial charge is 0.248 e. The van der Waals surface area contributed by atoms with Gasteiger partial charge in [0.05, 0.1) is 24.5 Å². The molecule has 0 aromatic carbocycles. The first-order chi connectivity index (χ1) is 9.86. The summed E-state index contributed by atoms with van der Waals surface area (Å²) in [6.45, 7) is 2.44. The van der Waals surface area contributed by atoms with Crippen LogP contribution >= 0.6 is 0 Å². The van der Waals surface area contributed by atoms with Crippen molar-refractivity contribution in [2.45, 2.75) is 38.0 Å². The molecular weight excluding hydrogens is 296 g/mol. The van der Waals surface area contributed by atoms with Gasteiger partial charge in [-0.05, 0) is 19.8 Å². The molecule has 0 aromatic heterocycles. The van der Waals surface area contributed by atoms with Crippen LogP contribution in [0.1, 0.15) is 19.8 Å². The zero-order chi connectivity index (χ0) is 15.6. The summed E-state index contributed by atoms with van der Waals surface area (Å²) < 4.78 is 37.2. The Morgan fingerprint density at radius 1 is 1.38 bits per heavy atom. The largest absolute Gasteiger partial charge is 0.372 e. The van der Waals surface area contributed by atoms with Crippen LogP contribution in [0.4, 0.5) is 0 Å². The normalized spacial score (nSPS) is 30.1. The van der Waals surface area contributed by atoms with Crippen molar-refractivity contribution in [2.24, 2.45) is 0 Å². The number of hydrogen-bond donors (Lipinski definition) is 0. The molecule has 1 aliphatic carbocycles. The summed E-state index contributed by atoms with van der Waals surface area (Å²) in [6, 6.07) is -0.164. The Labute approximate surface area is 126 Å². The maximum atomic E-state index is 12.1. The first kappa shape index (κ1) is 16.7. The van der Waals surface area contributed by atoms with Crippen LogP contribution in [0.5, 0.6) is 0 Å². The van der Waals surface area contributed by atoms with Crippen LogP contribution in [0.25, 0.3) is 0 Å². The van der Waals surface area contributed by atoms with E-state index in [2.05, 4.69) is 0 Å². The number of fused-ring (bicyclic) bond motifs is 1. The van der Waals surface area contributed by atoms with Gasteiger partial charge in [0, 0.05) is 20.6 Å². The van der Waals surface area contributed by atoms with Crippen molar-refractivity contribution in [1.82, 2.24) is 9.21 Å². The van der Waals surface area contributed by atoms with E-state index in [4.69, 9.17) is 9.47 Å². The van der Waals surface area contributed by atoms with E-state index in [1.807, 2.05) is 0 Å². The third kappa shape index (κ3) is 3.56. The molecule has 2 rings (SSSR count). The molecule has 1 aliphatic heterocycles. The van der Waals surface area contributed by atoms with E-state index in [-0.39, 0.29) is 36.5 Å². The number of hydrogen-bond acceptors (Lipinski definition) is 5. The summed E-state index contributed by atoms with van der Waals surface area (Å²) in [5.41, 5.74) is 0. The minimum absolute atomic E-state index is 0.00474. The Bertz CT molecular complexity index is 479. The first-order valence-electron chi connectivity index (χ1n) is 7.29. The molecule has 1 amide bonds. The van der Waals surface area contributed by atoms with Crippen LogP contribution in [0, 0.1) is 0 Å². The average molecular weight is 320 g/mol. The third-order valence-corrected chi connectivity index (χ3v) is 6.02. The van der Waals surface area contributed by atoms with E-state index in [9.17, 15) is 13.2 Å². The number of rotatable bonds is 5. The molecule has 2 aliphatic rings. The molecule has 1 saturated heterocycles. The van der Waals surface area contributed by atoms with Crippen LogP contribution in [-0.2, 0) is 24.3 Å². The number of amides is 1. The van der Waals surface area contributed by atoms with Gasteiger partial charge in [0.1, 0.15) is 12.7 Å². The molecule has 21 heavy (non-hydrogen) atoms. The molecule has 1 heterocycles. The molecule has 0 radical (unpaired) electrons. The Balaban J connectivity index is 2.00. The van der Waals surface area contributed by atoms with Gasteiger partial charge in [0.2, 0.25) is 15.9 Å². The van der Waals surface area contributed by atoms with Crippen molar-refractivity contribution in [1.29, 1.82) is 0 Å². The Morgan fingerprint density at radius 2 is 2.10 bits per heavy atom. The molecule has 0 aromatic rings. The van der Waals surface area contributed by atoms with E-state index in [1.165, 1.54) is 4.90 Å².